The second kappa shape index (κ2) is 5.91. The first-order valence-corrected chi connectivity index (χ1v) is 7.44. The fourth-order valence-electron chi connectivity index (χ4n) is 1.54. The van der Waals surface area contributed by atoms with Crippen molar-refractivity contribution in [1.82, 2.24) is 5.32 Å². The summed E-state index contributed by atoms with van der Waals surface area (Å²) in [6, 6.07) is 9.50. The van der Waals surface area contributed by atoms with Crippen LogP contribution in [0.2, 0.25) is 0 Å². The summed E-state index contributed by atoms with van der Waals surface area (Å²) >= 11 is 9.34. The van der Waals surface area contributed by atoms with Gasteiger partial charge in [0.1, 0.15) is 0 Å². The van der Waals surface area contributed by atoms with Crippen LogP contribution in [0.3, 0.4) is 0 Å². The van der Waals surface area contributed by atoms with Crippen LogP contribution in [-0.4, -0.2) is 5.91 Å². The van der Waals surface area contributed by atoms with Gasteiger partial charge in [-0.1, -0.05) is 15.9 Å². The minimum absolute atomic E-state index is 0.0986. The molecule has 2 aromatic rings. The summed E-state index contributed by atoms with van der Waals surface area (Å²) in [5.74, 6) is -0.0986. The highest BCUT2D eigenvalue weighted by Gasteiger charge is 2.09. The summed E-state index contributed by atoms with van der Waals surface area (Å²) in [5.41, 5.74) is 0.592. The number of nitrogens with one attached hydrogen (secondary N) is 1. The number of carbonyl (C=O) groups is 1. The molecule has 0 aliphatic carbocycles. The number of aryl methyl sites for hydroxylation is 1. The van der Waals surface area contributed by atoms with E-state index in [9.17, 15) is 4.79 Å². The van der Waals surface area contributed by atoms with E-state index < -0.39 is 0 Å². The molecule has 0 saturated carbocycles. The summed E-state index contributed by atoms with van der Waals surface area (Å²) in [6.07, 6.45) is 0. The van der Waals surface area contributed by atoms with Crippen molar-refractivity contribution in [3.05, 3.63) is 50.1 Å². The summed E-state index contributed by atoms with van der Waals surface area (Å²) in [4.78, 5) is 15.1. The minimum Gasteiger partial charge on any atom is -0.347 e. The number of halogens is 1. The van der Waals surface area contributed by atoms with Crippen LogP contribution < -0.4 is 5.32 Å². The van der Waals surface area contributed by atoms with Crippen molar-refractivity contribution in [1.29, 1.82) is 0 Å². The van der Waals surface area contributed by atoms with E-state index in [4.69, 9.17) is 0 Å². The van der Waals surface area contributed by atoms with Gasteiger partial charge in [-0.05, 0) is 37.3 Å². The Bertz CT molecular complexity index is 580. The molecule has 0 aliphatic rings. The zero-order chi connectivity index (χ0) is 13.1. The molecular formula is C13H12BrNOS2. The zero-order valence-corrected chi connectivity index (χ0v) is 13.0. The minimum atomic E-state index is -0.0986. The van der Waals surface area contributed by atoms with Crippen molar-refractivity contribution >= 4 is 45.8 Å². The van der Waals surface area contributed by atoms with Crippen LogP contribution in [0.15, 0.2) is 39.7 Å². The molecule has 0 saturated heterocycles. The van der Waals surface area contributed by atoms with E-state index in [1.165, 1.54) is 4.88 Å². The van der Waals surface area contributed by atoms with Crippen LogP contribution in [0.4, 0.5) is 0 Å². The van der Waals surface area contributed by atoms with Crippen LogP contribution in [0.5, 0.6) is 0 Å². The Morgan fingerprint density at radius 2 is 2.17 bits per heavy atom. The molecule has 0 unspecified atom stereocenters. The van der Waals surface area contributed by atoms with Gasteiger partial charge in [0.15, 0.2) is 0 Å². The van der Waals surface area contributed by atoms with Crippen LogP contribution in [-0.2, 0) is 6.54 Å². The topological polar surface area (TPSA) is 29.1 Å². The van der Waals surface area contributed by atoms with Gasteiger partial charge < -0.3 is 5.32 Å². The SMILES string of the molecule is Cc1ccc(CNC(=O)c2ccc(Br)cc2S)s1. The van der Waals surface area contributed by atoms with Gasteiger partial charge in [-0.2, -0.15) is 0 Å². The van der Waals surface area contributed by atoms with Crippen molar-refractivity contribution in [2.45, 2.75) is 18.4 Å². The predicted octanol–water partition coefficient (Wildman–Crippen LogP) is 4.04. The molecule has 94 valence electrons. The molecule has 0 bridgehead atoms. The Morgan fingerprint density at radius 3 is 2.78 bits per heavy atom. The Hall–Kier alpha value is -0.780. The van der Waals surface area contributed by atoms with E-state index in [1.807, 2.05) is 18.2 Å². The Kier molecular flexibility index (Phi) is 4.48. The molecule has 18 heavy (non-hydrogen) atoms. The highest BCUT2D eigenvalue weighted by Crippen LogP contribution is 2.20. The number of carbonyl (C=O) groups excluding carboxylic acids is 1. The van der Waals surface area contributed by atoms with Crippen LogP contribution in [0.1, 0.15) is 20.1 Å². The number of thiophene rings is 1. The highest BCUT2D eigenvalue weighted by molar-refractivity contribution is 9.10. The second-order valence-electron chi connectivity index (χ2n) is 3.86. The molecule has 1 aromatic heterocycles. The molecule has 0 atom stereocenters. The number of amides is 1. The van der Waals surface area contributed by atoms with E-state index in [0.29, 0.717) is 17.0 Å². The van der Waals surface area contributed by atoms with Gasteiger partial charge in [-0.3, -0.25) is 4.79 Å². The van der Waals surface area contributed by atoms with Crippen LogP contribution >= 0.6 is 39.9 Å². The number of thiol groups is 1. The smallest absolute Gasteiger partial charge is 0.252 e. The van der Waals surface area contributed by atoms with Gasteiger partial charge in [-0.15, -0.1) is 24.0 Å². The lowest BCUT2D eigenvalue weighted by Crippen LogP contribution is -2.22. The number of hydrogen-bond acceptors (Lipinski definition) is 3. The van der Waals surface area contributed by atoms with Gasteiger partial charge in [-0.25, -0.2) is 0 Å². The maximum atomic E-state index is 12.0. The molecule has 1 heterocycles. The average molecular weight is 342 g/mol. The number of hydrogen-bond donors (Lipinski definition) is 2. The van der Waals surface area contributed by atoms with E-state index >= 15 is 0 Å². The maximum absolute atomic E-state index is 12.0. The largest absolute Gasteiger partial charge is 0.347 e. The van der Waals surface area contributed by atoms with Crippen molar-refractivity contribution < 1.29 is 4.79 Å². The fourth-order valence-corrected chi connectivity index (χ4v) is 3.22. The molecule has 5 heteroatoms. The van der Waals surface area contributed by atoms with Crippen molar-refractivity contribution in [3.63, 3.8) is 0 Å². The predicted molar refractivity (Wildman–Crippen MR) is 81.6 cm³/mol. The van der Waals surface area contributed by atoms with E-state index in [-0.39, 0.29) is 5.91 Å². The monoisotopic (exact) mass is 341 g/mol. The Balaban J connectivity index is 2.03. The lowest BCUT2D eigenvalue weighted by molar-refractivity contribution is 0.0948. The van der Waals surface area contributed by atoms with E-state index in [2.05, 4.69) is 46.9 Å². The molecule has 1 aromatic carbocycles. The molecular weight excluding hydrogens is 330 g/mol. The van der Waals surface area contributed by atoms with E-state index in [1.54, 1.807) is 17.4 Å². The van der Waals surface area contributed by atoms with Crippen LogP contribution in [0.25, 0.3) is 0 Å². The Labute approximate surface area is 124 Å². The van der Waals surface area contributed by atoms with Gasteiger partial charge in [0, 0.05) is 19.1 Å². The number of rotatable bonds is 3. The number of benzene rings is 1. The third-order valence-electron chi connectivity index (χ3n) is 2.42. The first kappa shape index (κ1) is 13.6. The Morgan fingerprint density at radius 1 is 1.39 bits per heavy atom. The van der Waals surface area contributed by atoms with Crippen LogP contribution in [0, 0.1) is 6.92 Å². The summed E-state index contributed by atoms with van der Waals surface area (Å²) in [7, 11) is 0. The normalized spacial score (nSPS) is 10.4. The summed E-state index contributed by atoms with van der Waals surface area (Å²) < 4.78 is 0.915. The van der Waals surface area contributed by atoms with Gasteiger partial charge in [0.2, 0.25) is 0 Å². The third-order valence-corrected chi connectivity index (χ3v) is 4.29. The third kappa shape index (κ3) is 3.37. The average Bonchev–Trinajstić information content (AvgIpc) is 2.72. The molecule has 0 fully saturated rings. The summed E-state index contributed by atoms with van der Waals surface area (Å²) in [5, 5.41) is 2.90. The lowest BCUT2D eigenvalue weighted by atomic mass is 10.2. The first-order valence-electron chi connectivity index (χ1n) is 5.38. The molecule has 2 rings (SSSR count). The second-order valence-corrected chi connectivity index (χ2v) is 6.63. The quantitative estimate of drug-likeness (QED) is 0.810. The molecule has 0 spiro atoms. The molecule has 1 amide bonds. The molecule has 0 aliphatic heterocycles. The highest BCUT2D eigenvalue weighted by atomic mass is 79.9. The van der Waals surface area contributed by atoms with Crippen molar-refractivity contribution in [3.8, 4) is 0 Å². The molecule has 0 radical (unpaired) electrons. The fraction of sp³-hybridized carbons (Fsp3) is 0.154. The summed E-state index contributed by atoms with van der Waals surface area (Å²) in [6.45, 7) is 2.61. The van der Waals surface area contributed by atoms with Gasteiger partial charge in [0.25, 0.3) is 5.91 Å². The van der Waals surface area contributed by atoms with Gasteiger partial charge >= 0.3 is 0 Å². The lowest BCUT2D eigenvalue weighted by Gasteiger charge is -2.06. The zero-order valence-electron chi connectivity index (χ0n) is 9.74. The van der Waals surface area contributed by atoms with Gasteiger partial charge in [0.05, 0.1) is 12.1 Å². The van der Waals surface area contributed by atoms with Crippen molar-refractivity contribution in [2.24, 2.45) is 0 Å². The standard InChI is InChI=1S/C13H12BrNOS2/c1-8-2-4-10(18-8)7-15-13(16)11-5-3-9(14)6-12(11)17/h2-6,17H,7H2,1H3,(H,15,16). The van der Waals surface area contributed by atoms with E-state index in [0.717, 1.165) is 9.35 Å². The maximum Gasteiger partial charge on any atom is 0.252 e. The molecule has 2 nitrogen and oxygen atoms in total. The molecule has 1 N–H and O–H groups in total. The van der Waals surface area contributed by atoms with Crippen molar-refractivity contribution in [2.75, 3.05) is 0 Å². The first-order chi connectivity index (χ1) is 8.56.